The van der Waals surface area contributed by atoms with Gasteiger partial charge in [0.25, 0.3) is 0 Å². The maximum atomic E-state index is 10.8. The first-order valence-corrected chi connectivity index (χ1v) is 4.02. The highest BCUT2D eigenvalue weighted by atomic mass is 35.5. The number of aryl methyl sites for hydroxylation is 2. The monoisotopic (exact) mass is 171 g/mol. The van der Waals surface area contributed by atoms with Crippen LogP contribution in [0.15, 0.2) is 16.9 Å². The van der Waals surface area contributed by atoms with Gasteiger partial charge < -0.3 is 4.98 Å². The summed E-state index contributed by atoms with van der Waals surface area (Å²) in [6.07, 6.45) is 0.810. The third kappa shape index (κ3) is 2.09. The van der Waals surface area contributed by atoms with Gasteiger partial charge in [0.1, 0.15) is 0 Å². The van der Waals surface area contributed by atoms with E-state index >= 15 is 0 Å². The van der Waals surface area contributed by atoms with Gasteiger partial charge in [-0.2, -0.15) is 0 Å². The Balaban J connectivity index is 2.99. The minimum atomic E-state index is -0.0548. The van der Waals surface area contributed by atoms with Crippen molar-refractivity contribution in [1.82, 2.24) is 4.98 Å². The Labute approximate surface area is 70.2 Å². The van der Waals surface area contributed by atoms with E-state index in [-0.39, 0.29) is 5.56 Å². The zero-order chi connectivity index (χ0) is 8.27. The number of hydrogen-bond donors (Lipinski definition) is 1. The largest absolute Gasteiger partial charge is 0.326 e. The maximum Gasteiger partial charge on any atom is 0.248 e. The summed E-state index contributed by atoms with van der Waals surface area (Å²) in [7, 11) is 0. The van der Waals surface area contributed by atoms with E-state index < -0.39 is 0 Å². The average Bonchev–Trinajstić information content (AvgIpc) is 1.95. The molecule has 1 aromatic rings. The summed E-state index contributed by atoms with van der Waals surface area (Å²) >= 11 is 5.56. The smallest absolute Gasteiger partial charge is 0.248 e. The third-order valence-corrected chi connectivity index (χ3v) is 1.78. The van der Waals surface area contributed by atoms with Crippen LogP contribution in [-0.2, 0) is 6.42 Å². The lowest BCUT2D eigenvalue weighted by atomic mass is 10.1. The highest BCUT2D eigenvalue weighted by Gasteiger charge is 1.96. The van der Waals surface area contributed by atoms with Gasteiger partial charge in [-0.1, -0.05) is 6.07 Å². The van der Waals surface area contributed by atoms with Gasteiger partial charge in [0.2, 0.25) is 5.56 Å². The molecule has 0 saturated heterocycles. The lowest BCUT2D eigenvalue weighted by molar-refractivity contribution is 1.03. The van der Waals surface area contributed by atoms with Crippen molar-refractivity contribution in [3.8, 4) is 0 Å². The maximum absolute atomic E-state index is 10.8. The van der Waals surface area contributed by atoms with Crippen molar-refractivity contribution < 1.29 is 0 Å². The second kappa shape index (κ2) is 3.58. The molecule has 2 nitrogen and oxygen atoms in total. The fourth-order valence-corrected chi connectivity index (χ4v) is 1.18. The lowest BCUT2D eigenvalue weighted by Gasteiger charge is -2.00. The molecule has 3 heteroatoms. The van der Waals surface area contributed by atoms with E-state index in [0.29, 0.717) is 5.88 Å². The quantitative estimate of drug-likeness (QED) is 0.672. The van der Waals surface area contributed by atoms with Crippen molar-refractivity contribution in [2.75, 3.05) is 5.88 Å². The second-order valence-electron chi connectivity index (χ2n) is 2.41. The predicted octanol–water partition coefficient (Wildman–Crippen LogP) is 1.46. The highest BCUT2D eigenvalue weighted by molar-refractivity contribution is 6.17. The molecule has 0 aliphatic carbocycles. The highest BCUT2D eigenvalue weighted by Crippen LogP contribution is 2.02. The predicted molar refractivity (Wildman–Crippen MR) is 46.2 cm³/mol. The summed E-state index contributed by atoms with van der Waals surface area (Å²) < 4.78 is 0. The van der Waals surface area contributed by atoms with E-state index in [4.69, 9.17) is 11.6 Å². The molecule has 0 bridgehead atoms. The van der Waals surface area contributed by atoms with Gasteiger partial charge in [0, 0.05) is 17.6 Å². The standard InChI is InChI=1S/C8H10ClNO/c1-6-7(4-5-9)2-3-8(11)10-6/h2-3H,4-5H2,1H3,(H,10,11). The Kier molecular flexibility index (Phi) is 2.71. The number of halogens is 1. The van der Waals surface area contributed by atoms with E-state index in [1.165, 1.54) is 6.07 Å². The minimum absolute atomic E-state index is 0.0548. The van der Waals surface area contributed by atoms with Gasteiger partial charge >= 0.3 is 0 Å². The second-order valence-corrected chi connectivity index (χ2v) is 2.79. The van der Waals surface area contributed by atoms with Crippen molar-refractivity contribution in [2.24, 2.45) is 0 Å². The summed E-state index contributed by atoms with van der Waals surface area (Å²) in [4.78, 5) is 13.5. The Morgan fingerprint density at radius 3 is 2.82 bits per heavy atom. The van der Waals surface area contributed by atoms with E-state index in [0.717, 1.165) is 17.7 Å². The van der Waals surface area contributed by atoms with Crippen molar-refractivity contribution in [2.45, 2.75) is 13.3 Å². The molecule has 0 spiro atoms. The molecular weight excluding hydrogens is 162 g/mol. The van der Waals surface area contributed by atoms with E-state index in [1.54, 1.807) is 0 Å². The average molecular weight is 172 g/mol. The topological polar surface area (TPSA) is 32.9 Å². The van der Waals surface area contributed by atoms with Crippen LogP contribution in [0.1, 0.15) is 11.3 Å². The van der Waals surface area contributed by atoms with E-state index in [1.807, 2.05) is 13.0 Å². The molecule has 0 aromatic carbocycles. The number of pyridine rings is 1. The zero-order valence-corrected chi connectivity index (χ0v) is 7.11. The molecule has 0 amide bonds. The third-order valence-electron chi connectivity index (χ3n) is 1.59. The van der Waals surface area contributed by atoms with Gasteiger partial charge in [0.05, 0.1) is 0 Å². The Morgan fingerprint density at radius 1 is 1.55 bits per heavy atom. The van der Waals surface area contributed by atoms with E-state index in [2.05, 4.69) is 4.98 Å². The molecule has 0 unspecified atom stereocenters. The fourth-order valence-electron chi connectivity index (χ4n) is 0.981. The minimum Gasteiger partial charge on any atom is -0.326 e. The van der Waals surface area contributed by atoms with E-state index in [9.17, 15) is 4.79 Å². The van der Waals surface area contributed by atoms with Gasteiger partial charge in [-0.15, -0.1) is 11.6 Å². The molecule has 1 N–H and O–H groups in total. The first-order valence-electron chi connectivity index (χ1n) is 3.49. The van der Waals surface area contributed by atoms with Crippen LogP contribution >= 0.6 is 11.6 Å². The Hall–Kier alpha value is -0.760. The molecule has 11 heavy (non-hydrogen) atoms. The van der Waals surface area contributed by atoms with Crippen LogP contribution in [0.2, 0.25) is 0 Å². The molecule has 0 atom stereocenters. The number of aromatic amines is 1. The van der Waals surface area contributed by atoms with Crippen molar-refractivity contribution in [3.63, 3.8) is 0 Å². The van der Waals surface area contributed by atoms with Crippen LogP contribution in [-0.4, -0.2) is 10.9 Å². The molecular formula is C8H10ClNO. The van der Waals surface area contributed by atoms with Crippen LogP contribution in [0.4, 0.5) is 0 Å². The lowest BCUT2D eigenvalue weighted by Crippen LogP contribution is -2.07. The van der Waals surface area contributed by atoms with Crippen LogP contribution in [0, 0.1) is 6.92 Å². The van der Waals surface area contributed by atoms with Gasteiger partial charge in [-0.05, 0) is 18.9 Å². The molecule has 1 aromatic heterocycles. The summed E-state index contributed by atoms with van der Waals surface area (Å²) in [6, 6.07) is 3.34. The normalized spacial score (nSPS) is 10.0. The number of alkyl halides is 1. The summed E-state index contributed by atoms with van der Waals surface area (Å²) in [5, 5.41) is 0. The molecule has 0 aliphatic heterocycles. The first-order chi connectivity index (χ1) is 5.24. The van der Waals surface area contributed by atoms with Crippen molar-refractivity contribution in [3.05, 3.63) is 33.7 Å². The van der Waals surface area contributed by atoms with Crippen molar-refractivity contribution >= 4 is 11.6 Å². The summed E-state index contributed by atoms with van der Waals surface area (Å²) in [6.45, 7) is 1.88. The number of hydrogen-bond acceptors (Lipinski definition) is 1. The molecule has 0 saturated carbocycles. The van der Waals surface area contributed by atoms with Gasteiger partial charge in [-0.25, -0.2) is 0 Å². The Morgan fingerprint density at radius 2 is 2.27 bits per heavy atom. The van der Waals surface area contributed by atoms with Crippen LogP contribution < -0.4 is 5.56 Å². The van der Waals surface area contributed by atoms with Crippen LogP contribution in [0.5, 0.6) is 0 Å². The van der Waals surface area contributed by atoms with Crippen molar-refractivity contribution in [1.29, 1.82) is 0 Å². The summed E-state index contributed by atoms with van der Waals surface area (Å²) in [5.41, 5.74) is 1.97. The number of aromatic nitrogens is 1. The fraction of sp³-hybridized carbons (Fsp3) is 0.375. The molecule has 1 rings (SSSR count). The molecule has 0 aliphatic rings. The summed E-state index contributed by atoms with van der Waals surface area (Å²) in [5.74, 6) is 0.590. The SMILES string of the molecule is Cc1[nH]c(=O)ccc1CCCl. The zero-order valence-electron chi connectivity index (χ0n) is 6.36. The van der Waals surface area contributed by atoms with Crippen LogP contribution in [0.25, 0.3) is 0 Å². The van der Waals surface area contributed by atoms with Gasteiger partial charge in [0.15, 0.2) is 0 Å². The molecule has 1 heterocycles. The number of nitrogens with one attached hydrogen (secondary N) is 1. The number of H-pyrrole nitrogens is 1. The van der Waals surface area contributed by atoms with Crippen LogP contribution in [0.3, 0.4) is 0 Å². The molecule has 0 radical (unpaired) electrons. The van der Waals surface area contributed by atoms with Gasteiger partial charge in [-0.3, -0.25) is 4.79 Å². The number of rotatable bonds is 2. The Bertz CT molecular complexity index is 292. The molecule has 0 fully saturated rings. The molecule has 60 valence electrons. The first kappa shape index (κ1) is 8.34.